The second kappa shape index (κ2) is 10.7. The Balaban J connectivity index is 1.46. The first kappa shape index (κ1) is 21.0. The monoisotopic (exact) mass is 430 g/mol. The Morgan fingerprint density at radius 1 is 0.966 bits per heavy atom. The second-order valence-corrected chi connectivity index (χ2v) is 7.04. The molecule has 29 heavy (non-hydrogen) atoms. The average molecular weight is 431 g/mol. The van der Waals surface area contributed by atoms with Crippen LogP contribution in [0.15, 0.2) is 66.9 Å². The van der Waals surface area contributed by atoms with Crippen molar-refractivity contribution in [3.05, 3.63) is 82.5 Å². The van der Waals surface area contributed by atoms with Gasteiger partial charge in [0.15, 0.2) is 11.6 Å². The normalized spacial score (nSPS) is 10.4. The number of halogens is 2. The number of pyridine rings is 1. The summed E-state index contributed by atoms with van der Waals surface area (Å²) in [4.78, 5) is 16.5. The molecule has 7 heteroatoms. The van der Waals surface area contributed by atoms with Crippen LogP contribution in [0.25, 0.3) is 0 Å². The van der Waals surface area contributed by atoms with E-state index in [4.69, 9.17) is 32.7 Å². The Morgan fingerprint density at radius 3 is 2.59 bits per heavy atom. The van der Waals surface area contributed by atoms with Crippen LogP contribution in [0.4, 0.5) is 5.82 Å². The van der Waals surface area contributed by atoms with Gasteiger partial charge in [0.05, 0.1) is 11.6 Å². The molecule has 3 aromatic rings. The van der Waals surface area contributed by atoms with E-state index in [0.29, 0.717) is 47.0 Å². The maximum Gasteiger partial charge on any atom is 0.225 e. The Bertz CT molecular complexity index is 952. The van der Waals surface area contributed by atoms with Crippen molar-refractivity contribution >= 4 is 34.9 Å². The van der Waals surface area contributed by atoms with E-state index < -0.39 is 0 Å². The van der Waals surface area contributed by atoms with Crippen molar-refractivity contribution < 1.29 is 14.3 Å². The number of ether oxygens (including phenoxy) is 2. The van der Waals surface area contributed by atoms with Gasteiger partial charge in [0.25, 0.3) is 0 Å². The van der Waals surface area contributed by atoms with Crippen molar-refractivity contribution in [2.45, 2.75) is 19.4 Å². The molecule has 150 valence electrons. The lowest BCUT2D eigenvalue weighted by Gasteiger charge is -2.12. The quantitative estimate of drug-likeness (QED) is 0.438. The van der Waals surface area contributed by atoms with E-state index in [2.05, 4.69) is 10.3 Å². The summed E-state index contributed by atoms with van der Waals surface area (Å²) in [5.41, 5.74) is 1.03. The maximum atomic E-state index is 12.3. The van der Waals surface area contributed by atoms with Gasteiger partial charge in [0, 0.05) is 17.6 Å². The van der Waals surface area contributed by atoms with Gasteiger partial charge in [-0.3, -0.25) is 4.79 Å². The Kier molecular flexibility index (Phi) is 7.73. The molecule has 5 nitrogen and oxygen atoms in total. The molecule has 1 heterocycles. The molecule has 2 aromatic carbocycles. The van der Waals surface area contributed by atoms with Crippen molar-refractivity contribution in [2.75, 3.05) is 11.9 Å². The van der Waals surface area contributed by atoms with Crippen molar-refractivity contribution in [1.29, 1.82) is 0 Å². The molecule has 0 saturated carbocycles. The zero-order valence-corrected chi connectivity index (χ0v) is 17.1. The van der Waals surface area contributed by atoms with E-state index in [0.717, 1.165) is 5.56 Å². The van der Waals surface area contributed by atoms with E-state index in [9.17, 15) is 4.79 Å². The molecule has 0 spiro atoms. The van der Waals surface area contributed by atoms with Crippen LogP contribution in [-0.2, 0) is 11.4 Å². The van der Waals surface area contributed by atoms with Gasteiger partial charge in [-0.15, -0.1) is 0 Å². The molecule has 1 amide bonds. The van der Waals surface area contributed by atoms with Gasteiger partial charge >= 0.3 is 0 Å². The third kappa shape index (κ3) is 6.66. The number of amides is 1. The number of nitrogens with one attached hydrogen (secondary N) is 1. The number of rotatable bonds is 9. The fourth-order valence-corrected chi connectivity index (χ4v) is 3.00. The van der Waals surface area contributed by atoms with Crippen LogP contribution in [0.3, 0.4) is 0 Å². The number of carbonyl (C=O) groups excluding carboxylic acids is 1. The Hall–Kier alpha value is -2.76. The molecule has 0 radical (unpaired) electrons. The standard InChI is InChI=1S/C22H20Cl2N2O3/c23-17-10-11-19(18(24)14-17)28-13-5-9-21(27)26-22-20(8-4-12-25-22)29-15-16-6-2-1-3-7-16/h1-4,6-8,10-12,14H,5,9,13,15H2,(H,25,26,27). The van der Waals surface area contributed by atoms with Crippen molar-refractivity contribution in [1.82, 2.24) is 4.98 Å². The SMILES string of the molecule is O=C(CCCOc1ccc(Cl)cc1Cl)Nc1ncccc1OCc1ccccc1. The molecule has 0 aliphatic rings. The van der Waals surface area contributed by atoms with E-state index >= 15 is 0 Å². The molecule has 0 aliphatic heterocycles. The van der Waals surface area contributed by atoms with Crippen LogP contribution in [0, 0.1) is 0 Å². The number of hydrogen-bond acceptors (Lipinski definition) is 4. The molecule has 0 fully saturated rings. The molecule has 1 aromatic heterocycles. The minimum Gasteiger partial charge on any atom is -0.492 e. The summed E-state index contributed by atoms with van der Waals surface area (Å²) in [6.07, 6.45) is 2.41. The minimum absolute atomic E-state index is 0.168. The second-order valence-electron chi connectivity index (χ2n) is 6.20. The van der Waals surface area contributed by atoms with E-state index in [1.165, 1.54) is 0 Å². The van der Waals surface area contributed by atoms with Crippen molar-refractivity contribution in [3.63, 3.8) is 0 Å². The van der Waals surface area contributed by atoms with Gasteiger partial charge < -0.3 is 14.8 Å². The lowest BCUT2D eigenvalue weighted by atomic mass is 10.2. The van der Waals surface area contributed by atoms with Gasteiger partial charge in [-0.05, 0) is 42.3 Å². The lowest BCUT2D eigenvalue weighted by molar-refractivity contribution is -0.116. The zero-order chi connectivity index (χ0) is 20.5. The van der Waals surface area contributed by atoms with Crippen LogP contribution in [-0.4, -0.2) is 17.5 Å². The highest BCUT2D eigenvalue weighted by atomic mass is 35.5. The molecule has 0 aliphatic carbocycles. The van der Waals surface area contributed by atoms with Crippen LogP contribution in [0.2, 0.25) is 10.0 Å². The third-order valence-electron chi connectivity index (χ3n) is 3.97. The molecular formula is C22H20Cl2N2O3. The summed E-state index contributed by atoms with van der Waals surface area (Å²) in [5, 5.41) is 3.77. The highest BCUT2D eigenvalue weighted by Gasteiger charge is 2.10. The minimum atomic E-state index is -0.168. The number of hydrogen-bond donors (Lipinski definition) is 1. The summed E-state index contributed by atoms with van der Waals surface area (Å²) in [6, 6.07) is 18.4. The predicted molar refractivity (Wildman–Crippen MR) is 115 cm³/mol. The van der Waals surface area contributed by atoms with Crippen LogP contribution in [0.5, 0.6) is 11.5 Å². The first-order chi connectivity index (χ1) is 14.1. The molecule has 0 unspecified atom stereocenters. The highest BCUT2D eigenvalue weighted by molar-refractivity contribution is 6.35. The largest absolute Gasteiger partial charge is 0.492 e. The molecule has 0 bridgehead atoms. The van der Waals surface area contributed by atoms with Gasteiger partial charge in [0.2, 0.25) is 5.91 Å². The number of carbonyl (C=O) groups is 1. The lowest BCUT2D eigenvalue weighted by Crippen LogP contribution is -2.14. The maximum absolute atomic E-state index is 12.3. The topological polar surface area (TPSA) is 60.5 Å². The number of nitrogens with zero attached hydrogens (tertiary/aromatic N) is 1. The van der Waals surface area contributed by atoms with E-state index in [-0.39, 0.29) is 12.3 Å². The highest BCUT2D eigenvalue weighted by Crippen LogP contribution is 2.27. The summed E-state index contributed by atoms with van der Waals surface area (Å²) in [7, 11) is 0. The fraction of sp³-hybridized carbons (Fsp3) is 0.182. The summed E-state index contributed by atoms with van der Waals surface area (Å²) in [6.45, 7) is 0.749. The van der Waals surface area contributed by atoms with Gasteiger partial charge in [-0.1, -0.05) is 53.5 Å². The smallest absolute Gasteiger partial charge is 0.225 e. The molecule has 1 N–H and O–H groups in total. The Morgan fingerprint density at radius 2 is 1.79 bits per heavy atom. The summed E-state index contributed by atoms with van der Waals surface area (Å²) >= 11 is 11.9. The predicted octanol–water partition coefficient (Wildman–Crippen LogP) is 5.77. The van der Waals surface area contributed by atoms with Gasteiger partial charge in [-0.25, -0.2) is 4.98 Å². The summed E-state index contributed by atoms with van der Waals surface area (Å²) < 4.78 is 11.4. The first-order valence-corrected chi connectivity index (χ1v) is 9.87. The molecule has 3 rings (SSSR count). The molecule has 0 saturated heterocycles. The number of aromatic nitrogens is 1. The third-order valence-corrected chi connectivity index (χ3v) is 4.50. The Labute approximate surface area is 179 Å². The number of anilines is 1. The van der Waals surface area contributed by atoms with Crippen LogP contribution >= 0.6 is 23.2 Å². The average Bonchev–Trinajstić information content (AvgIpc) is 2.72. The fourth-order valence-electron chi connectivity index (χ4n) is 2.54. The van der Waals surface area contributed by atoms with E-state index in [1.807, 2.05) is 30.3 Å². The van der Waals surface area contributed by atoms with Crippen molar-refractivity contribution in [2.24, 2.45) is 0 Å². The summed E-state index contributed by atoms with van der Waals surface area (Å²) in [5.74, 6) is 1.29. The molecule has 0 atom stereocenters. The van der Waals surface area contributed by atoms with E-state index in [1.54, 1.807) is 36.5 Å². The first-order valence-electron chi connectivity index (χ1n) is 9.11. The zero-order valence-electron chi connectivity index (χ0n) is 15.6. The van der Waals surface area contributed by atoms with Gasteiger partial charge in [0.1, 0.15) is 12.4 Å². The van der Waals surface area contributed by atoms with Crippen LogP contribution < -0.4 is 14.8 Å². The van der Waals surface area contributed by atoms with Crippen LogP contribution in [0.1, 0.15) is 18.4 Å². The molecular weight excluding hydrogens is 411 g/mol. The number of benzene rings is 2. The van der Waals surface area contributed by atoms with Gasteiger partial charge in [-0.2, -0.15) is 0 Å². The van der Waals surface area contributed by atoms with Crippen molar-refractivity contribution in [3.8, 4) is 11.5 Å².